The summed E-state index contributed by atoms with van der Waals surface area (Å²) in [6, 6.07) is 9.57. The van der Waals surface area contributed by atoms with Crippen LogP contribution in [0.25, 0.3) is 12.2 Å². The number of nitrogens with one attached hydrogen (secondary N) is 1. The summed E-state index contributed by atoms with van der Waals surface area (Å²) in [5, 5.41) is 3.07. The summed E-state index contributed by atoms with van der Waals surface area (Å²) in [4.78, 5) is 23.5. The summed E-state index contributed by atoms with van der Waals surface area (Å²) in [5.74, 6) is 2.37. The molecule has 1 aliphatic rings. The van der Waals surface area contributed by atoms with Crippen molar-refractivity contribution in [1.82, 2.24) is 9.97 Å². The summed E-state index contributed by atoms with van der Waals surface area (Å²) in [6.07, 6.45) is 3.79. The molecule has 1 saturated heterocycles. The van der Waals surface area contributed by atoms with Gasteiger partial charge in [-0.3, -0.25) is 4.79 Å². The first-order valence-corrected chi connectivity index (χ1v) is 10.3. The van der Waals surface area contributed by atoms with Gasteiger partial charge in [-0.05, 0) is 44.5 Å². The molecule has 0 spiro atoms. The van der Waals surface area contributed by atoms with E-state index < -0.39 is 5.60 Å². The van der Waals surface area contributed by atoms with E-state index in [1.165, 1.54) is 0 Å². The van der Waals surface area contributed by atoms with Crippen molar-refractivity contribution in [3.05, 3.63) is 41.7 Å². The number of aromatic nitrogens is 2. The summed E-state index contributed by atoms with van der Waals surface area (Å²) in [7, 11) is 1.64. The fourth-order valence-corrected chi connectivity index (χ4v) is 3.00. The minimum atomic E-state index is -0.532. The molecule has 0 aliphatic carbocycles. The highest BCUT2D eigenvalue weighted by Gasteiger charge is 2.17. The first kappa shape index (κ1) is 22.6. The Morgan fingerprint density at radius 2 is 1.87 bits per heavy atom. The predicted molar refractivity (Wildman–Crippen MR) is 121 cm³/mol. The number of esters is 1. The Bertz CT molecular complexity index is 901. The maximum atomic E-state index is 12.1. The Hall–Kier alpha value is -3.13. The van der Waals surface area contributed by atoms with Gasteiger partial charge in [0.1, 0.15) is 29.5 Å². The molecule has 0 radical (unpaired) electrons. The van der Waals surface area contributed by atoms with E-state index in [1.807, 2.05) is 63.3 Å². The van der Waals surface area contributed by atoms with Crippen LogP contribution < -0.4 is 15.0 Å². The van der Waals surface area contributed by atoms with Crippen LogP contribution in [-0.4, -0.2) is 61.5 Å². The Morgan fingerprint density at radius 1 is 1.16 bits per heavy atom. The van der Waals surface area contributed by atoms with Gasteiger partial charge >= 0.3 is 5.97 Å². The molecule has 1 aromatic carbocycles. The van der Waals surface area contributed by atoms with E-state index in [0.29, 0.717) is 24.9 Å². The Labute approximate surface area is 183 Å². The highest BCUT2D eigenvalue weighted by molar-refractivity contribution is 5.75. The van der Waals surface area contributed by atoms with Crippen molar-refractivity contribution in [1.29, 1.82) is 0 Å². The van der Waals surface area contributed by atoms with Crippen LogP contribution >= 0.6 is 0 Å². The number of hydrogen-bond donors (Lipinski definition) is 1. The zero-order chi connectivity index (χ0) is 22.3. The number of carbonyl (C=O) groups is 1. The average molecular weight is 427 g/mol. The third-order valence-corrected chi connectivity index (χ3v) is 4.44. The van der Waals surface area contributed by atoms with Crippen molar-refractivity contribution in [2.75, 3.05) is 50.2 Å². The first-order chi connectivity index (χ1) is 14.8. The summed E-state index contributed by atoms with van der Waals surface area (Å²) in [6.45, 7) is 8.37. The van der Waals surface area contributed by atoms with Gasteiger partial charge in [0.15, 0.2) is 5.82 Å². The van der Waals surface area contributed by atoms with Crippen LogP contribution in [0.1, 0.15) is 32.2 Å². The lowest BCUT2D eigenvalue weighted by Gasteiger charge is -2.28. The molecule has 2 heterocycles. The number of hydrogen-bond acceptors (Lipinski definition) is 8. The standard InChI is InChI=1S/C23H30N4O4/c1-23(2,3)31-22(28)16-24-20-15-21(27-11-13-30-14-12-27)26-19(25-20)10-7-17-5-8-18(29-4)9-6-17/h5-10,15H,11-14,16H2,1-4H3,(H,24,25,26). The molecule has 1 N–H and O–H groups in total. The van der Waals surface area contributed by atoms with Crippen LogP contribution in [0.3, 0.4) is 0 Å². The lowest BCUT2D eigenvalue weighted by atomic mass is 10.2. The molecule has 0 saturated carbocycles. The number of carbonyl (C=O) groups excluding carboxylic acids is 1. The molecule has 8 nitrogen and oxygen atoms in total. The van der Waals surface area contributed by atoms with E-state index in [-0.39, 0.29) is 12.5 Å². The van der Waals surface area contributed by atoms with E-state index in [2.05, 4.69) is 20.2 Å². The van der Waals surface area contributed by atoms with E-state index in [9.17, 15) is 4.79 Å². The normalized spacial score (nSPS) is 14.5. The molecular formula is C23H30N4O4. The maximum absolute atomic E-state index is 12.1. The van der Waals surface area contributed by atoms with Crippen molar-refractivity contribution in [2.24, 2.45) is 0 Å². The molecule has 31 heavy (non-hydrogen) atoms. The first-order valence-electron chi connectivity index (χ1n) is 10.3. The van der Waals surface area contributed by atoms with E-state index >= 15 is 0 Å². The second-order valence-corrected chi connectivity index (χ2v) is 8.12. The third kappa shape index (κ3) is 7.25. The number of benzene rings is 1. The minimum Gasteiger partial charge on any atom is -0.497 e. The second kappa shape index (κ2) is 10.3. The second-order valence-electron chi connectivity index (χ2n) is 8.12. The highest BCUT2D eigenvalue weighted by atomic mass is 16.6. The fourth-order valence-electron chi connectivity index (χ4n) is 3.00. The number of rotatable bonds is 7. The van der Waals surface area contributed by atoms with Gasteiger partial charge in [0.2, 0.25) is 0 Å². The van der Waals surface area contributed by atoms with Crippen LogP contribution in [0.5, 0.6) is 5.75 Å². The van der Waals surface area contributed by atoms with Gasteiger partial charge in [-0.15, -0.1) is 0 Å². The number of nitrogens with zero attached hydrogens (tertiary/aromatic N) is 3. The fraction of sp³-hybridized carbons (Fsp3) is 0.435. The number of ether oxygens (including phenoxy) is 3. The van der Waals surface area contributed by atoms with Gasteiger partial charge in [-0.1, -0.05) is 18.2 Å². The molecule has 2 aromatic rings. The average Bonchev–Trinajstić information content (AvgIpc) is 2.76. The summed E-state index contributed by atoms with van der Waals surface area (Å²) < 4.78 is 16.0. The predicted octanol–water partition coefficient (Wildman–Crippen LogP) is 3.25. The molecule has 0 unspecified atom stereocenters. The van der Waals surface area contributed by atoms with Crippen LogP contribution in [0.15, 0.2) is 30.3 Å². The van der Waals surface area contributed by atoms with Gasteiger partial charge < -0.3 is 24.4 Å². The van der Waals surface area contributed by atoms with Gasteiger partial charge in [0.05, 0.1) is 20.3 Å². The molecule has 0 amide bonds. The zero-order valence-electron chi connectivity index (χ0n) is 18.6. The number of methoxy groups -OCH3 is 1. The summed E-state index contributed by atoms with van der Waals surface area (Å²) >= 11 is 0. The van der Waals surface area contributed by atoms with Crippen LogP contribution in [0, 0.1) is 0 Å². The lowest BCUT2D eigenvalue weighted by Crippen LogP contribution is -2.37. The van der Waals surface area contributed by atoms with Crippen molar-refractivity contribution in [2.45, 2.75) is 26.4 Å². The molecule has 166 valence electrons. The molecule has 1 aromatic heterocycles. The van der Waals surface area contributed by atoms with Gasteiger partial charge in [-0.25, -0.2) is 9.97 Å². The third-order valence-electron chi connectivity index (χ3n) is 4.44. The Morgan fingerprint density at radius 3 is 2.52 bits per heavy atom. The topological polar surface area (TPSA) is 85.8 Å². The quantitative estimate of drug-likeness (QED) is 0.676. The van der Waals surface area contributed by atoms with Crippen LogP contribution in [-0.2, 0) is 14.3 Å². The highest BCUT2D eigenvalue weighted by Crippen LogP contribution is 2.19. The van der Waals surface area contributed by atoms with E-state index in [4.69, 9.17) is 14.2 Å². The Balaban J connectivity index is 1.78. The molecule has 8 heteroatoms. The smallest absolute Gasteiger partial charge is 0.325 e. The lowest BCUT2D eigenvalue weighted by molar-refractivity contribution is -0.152. The maximum Gasteiger partial charge on any atom is 0.325 e. The van der Waals surface area contributed by atoms with Crippen molar-refractivity contribution in [3.8, 4) is 5.75 Å². The van der Waals surface area contributed by atoms with E-state index in [0.717, 1.165) is 30.2 Å². The van der Waals surface area contributed by atoms with Gasteiger partial charge in [0, 0.05) is 19.2 Å². The van der Waals surface area contributed by atoms with Gasteiger partial charge in [0.25, 0.3) is 0 Å². The number of anilines is 2. The van der Waals surface area contributed by atoms with Crippen molar-refractivity contribution >= 4 is 29.8 Å². The monoisotopic (exact) mass is 426 g/mol. The van der Waals surface area contributed by atoms with Crippen molar-refractivity contribution in [3.63, 3.8) is 0 Å². The van der Waals surface area contributed by atoms with Crippen molar-refractivity contribution < 1.29 is 19.0 Å². The molecular weight excluding hydrogens is 396 g/mol. The van der Waals surface area contributed by atoms with Crippen LogP contribution in [0.4, 0.5) is 11.6 Å². The molecule has 0 bridgehead atoms. The molecule has 0 atom stereocenters. The van der Waals surface area contributed by atoms with E-state index in [1.54, 1.807) is 7.11 Å². The molecule has 1 fully saturated rings. The zero-order valence-corrected chi connectivity index (χ0v) is 18.6. The SMILES string of the molecule is COc1ccc(C=Cc2nc(NCC(=O)OC(C)(C)C)cc(N3CCOCC3)n2)cc1. The van der Waals surface area contributed by atoms with Crippen LogP contribution in [0.2, 0.25) is 0 Å². The molecule has 3 rings (SSSR count). The largest absolute Gasteiger partial charge is 0.497 e. The molecule has 1 aliphatic heterocycles. The number of morpholine rings is 1. The summed E-state index contributed by atoms with van der Waals surface area (Å²) in [5.41, 5.74) is 0.472. The Kier molecular flexibility index (Phi) is 7.46. The van der Waals surface area contributed by atoms with Gasteiger partial charge in [-0.2, -0.15) is 0 Å². The minimum absolute atomic E-state index is 0.0263.